The summed E-state index contributed by atoms with van der Waals surface area (Å²) in [6.45, 7) is 3.53. The predicted octanol–water partition coefficient (Wildman–Crippen LogP) is 3.47. The number of rotatable bonds is 9. The van der Waals surface area contributed by atoms with E-state index < -0.39 is 17.9 Å². The van der Waals surface area contributed by atoms with Gasteiger partial charge in [0, 0.05) is 48.6 Å². The third kappa shape index (κ3) is 5.59. The molecule has 2 aromatic carbocycles. The molecule has 0 saturated carbocycles. The van der Waals surface area contributed by atoms with Crippen molar-refractivity contribution in [1.82, 2.24) is 5.32 Å². The van der Waals surface area contributed by atoms with Crippen molar-refractivity contribution in [3.05, 3.63) is 52.8 Å². The number of urea groups is 1. The van der Waals surface area contributed by atoms with E-state index in [1.54, 1.807) is 20.1 Å². The number of amides is 2. The van der Waals surface area contributed by atoms with Crippen LogP contribution in [0.1, 0.15) is 36.5 Å². The maximum Gasteiger partial charge on any atom is 0.312 e. The largest absolute Gasteiger partial charge is 0.493 e. The number of anilines is 1. The first-order valence-electron chi connectivity index (χ1n) is 11.2. The summed E-state index contributed by atoms with van der Waals surface area (Å²) in [7, 11) is 4.52. The molecule has 1 aliphatic rings. The van der Waals surface area contributed by atoms with Crippen molar-refractivity contribution in [1.29, 1.82) is 5.41 Å². The molecule has 0 aliphatic carbocycles. The lowest BCUT2D eigenvalue weighted by Crippen LogP contribution is -2.38. The molecular formula is C25H33FN4O4. The SMILES string of the molecule is COc1cc(C(=N)c2ccc(N3CCC(OC)CC3)cc2)c(CC(C)NC(N)=O)c(F)c1OC. The van der Waals surface area contributed by atoms with Crippen molar-refractivity contribution in [2.45, 2.75) is 38.3 Å². The number of primary amides is 1. The van der Waals surface area contributed by atoms with Gasteiger partial charge in [-0.15, -0.1) is 0 Å². The molecule has 3 rings (SSSR count). The van der Waals surface area contributed by atoms with Crippen LogP contribution < -0.4 is 25.4 Å². The van der Waals surface area contributed by atoms with Crippen molar-refractivity contribution >= 4 is 17.4 Å². The van der Waals surface area contributed by atoms with Gasteiger partial charge in [-0.3, -0.25) is 5.41 Å². The topological polar surface area (TPSA) is 110 Å². The number of nitrogens with one attached hydrogen (secondary N) is 2. The van der Waals surface area contributed by atoms with Gasteiger partial charge in [0.05, 0.1) is 26.0 Å². The van der Waals surface area contributed by atoms with E-state index in [0.29, 0.717) is 17.2 Å². The third-order valence-electron chi connectivity index (χ3n) is 6.18. The van der Waals surface area contributed by atoms with Crippen LogP contribution in [0.5, 0.6) is 11.5 Å². The molecule has 0 aromatic heterocycles. The molecule has 1 saturated heterocycles. The normalized spacial score (nSPS) is 15.0. The summed E-state index contributed by atoms with van der Waals surface area (Å²) >= 11 is 0. The fourth-order valence-electron chi connectivity index (χ4n) is 4.36. The van der Waals surface area contributed by atoms with Crippen LogP contribution in [0.2, 0.25) is 0 Å². The minimum Gasteiger partial charge on any atom is -0.493 e. The van der Waals surface area contributed by atoms with Gasteiger partial charge in [0.2, 0.25) is 0 Å². The molecule has 1 aliphatic heterocycles. The highest BCUT2D eigenvalue weighted by atomic mass is 19.1. The molecule has 0 bridgehead atoms. The van der Waals surface area contributed by atoms with Gasteiger partial charge in [-0.2, -0.15) is 0 Å². The summed E-state index contributed by atoms with van der Waals surface area (Å²) in [5.74, 6) is -0.482. The molecule has 1 fully saturated rings. The summed E-state index contributed by atoms with van der Waals surface area (Å²) in [5, 5.41) is 11.4. The average Bonchev–Trinajstić information content (AvgIpc) is 2.84. The zero-order valence-corrected chi connectivity index (χ0v) is 20.1. The second-order valence-electron chi connectivity index (χ2n) is 8.41. The van der Waals surface area contributed by atoms with Crippen molar-refractivity contribution < 1.29 is 23.4 Å². The molecule has 0 radical (unpaired) electrons. The van der Waals surface area contributed by atoms with Gasteiger partial charge >= 0.3 is 6.03 Å². The number of nitrogens with zero attached hydrogens (tertiary/aromatic N) is 1. The summed E-state index contributed by atoms with van der Waals surface area (Å²) in [6, 6.07) is 8.13. The van der Waals surface area contributed by atoms with Crippen LogP contribution in [-0.4, -0.2) is 58.3 Å². The van der Waals surface area contributed by atoms with E-state index in [1.165, 1.54) is 14.2 Å². The fourth-order valence-corrected chi connectivity index (χ4v) is 4.36. The van der Waals surface area contributed by atoms with Crippen molar-refractivity contribution in [3.8, 4) is 11.5 Å². The van der Waals surface area contributed by atoms with E-state index in [1.807, 2.05) is 24.3 Å². The van der Waals surface area contributed by atoms with Crippen molar-refractivity contribution in [3.63, 3.8) is 0 Å². The minimum atomic E-state index is -0.699. The molecule has 4 N–H and O–H groups in total. The summed E-state index contributed by atoms with van der Waals surface area (Å²) in [4.78, 5) is 13.6. The quantitative estimate of drug-likeness (QED) is 0.484. The monoisotopic (exact) mass is 472 g/mol. The highest BCUT2D eigenvalue weighted by molar-refractivity contribution is 6.12. The van der Waals surface area contributed by atoms with Crippen molar-refractivity contribution in [2.24, 2.45) is 5.73 Å². The Morgan fingerprint density at radius 1 is 1.21 bits per heavy atom. The number of benzene rings is 2. The van der Waals surface area contributed by atoms with Gasteiger partial charge < -0.3 is 30.2 Å². The first-order chi connectivity index (χ1) is 16.3. The van der Waals surface area contributed by atoms with Crippen LogP contribution in [0.3, 0.4) is 0 Å². The first kappa shape index (κ1) is 25.3. The highest BCUT2D eigenvalue weighted by Crippen LogP contribution is 2.36. The molecule has 2 amide bonds. The number of carbonyl (C=O) groups is 1. The minimum absolute atomic E-state index is 0.0462. The second kappa shape index (κ2) is 11.2. The van der Waals surface area contributed by atoms with Crippen molar-refractivity contribution in [2.75, 3.05) is 39.3 Å². The molecule has 1 heterocycles. The smallest absolute Gasteiger partial charge is 0.312 e. The number of hydrogen-bond donors (Lipinski definition) is 3. The lowest BCUT2D eigenvalue weighted by Gasteiger charge is -2.33. The Hall–Kier alpha value is -3.33. The van der Waals surface area contributed by atoms with Crippen LogP contribution in [0.15, 0.2) is 30.3 Å². The number of ether oxygens (including phenoxy) is 3. The van der Waals surface area contributed by atoms with Gasteiger partial charge in [-0.25, -0.2) is 9.18 Å². The summed E-state index contributed by atoms with van der Waals surface area (Å²) in [5.41, 5.74) is 7.69. The maximum absolute atomic E-state index is 15.5. The Morgan fingerprint density at radius 3 is 2.38 bits per heavy atom. The summed E-state index contributed by atoms with van der Waals surface area (Å²) < 4.78 is 31.4. The Labute approximate surface area is 199 Å². The Balaban J connectivity index is 1.92. The second-order valence-corrected chi connectivity index (χ2v) is 8.41. The first-order valence-corrected chi connectivity index (χ1v) is 11.2. The molecular weight excluding hydrogens is 439 g/mol. The number of carbonyl (C=O) groups excluding carboxylic acids is 1. The lowest BCUT2D eigenvalue weighted by atomic mass is 9.92. The van der Waals surface area contributed by atoms with Crippen LogP contribution in [0.25, 0.3) is 0 Å². The van der Waals surface area contributed by atoms with Crippen LogP contribution in [0.4, 0.5) is 14.9 Å². The van der Waals surface area contributed by atoms with E-state index in [4.69, 9.17) is 25.4 Å². The van der Waals surface area contributed by atoms with Crippen LogP contribution >= 0.6 is 0 Å². The fraction of sp³-hybridized carbons (Fsp3) is 0.440. The van der Waals surface area contributed by atoms with Crippen LogP contribution in [0, 0.1) is 11.2 Å². The Kier molecular flexibility index (Phi) is 8.33. The number of piperidine rings is 1. The molecule has 1 unspecified atom stereocenters. The summed E-state index contributed by atoms with van der Waals surface area (Å²) in [6.07, 6.45) is 2.37. The van der Waals surface area contributed by atoms with Gasteiger partial charge in [0.15, 0.2) is 17.3 Å². The van der Waals surface area contributed by atoms with Gasteiger partial charge in [0.1, 0.15) is 0 Å². The van der Waals surface area contributed by atoms with E-state index in [2.05, 4.69) is 10.2 Å². The van der Waals surface area contributed by atoms with E-state index in [-0.39, 0.29) is 29.2 Å². The van der Waals surface area contributed by atoms with Gasteiger partial charge in [-0.05, 0) is 44.4 Å². The van der Waals surface area contributed by atoms with E-state index in [0.717, 1.165) is 31.6 Å². The Bertz CT molecular complexity index is 1020. The van der Waals surface area contributed by atoms with Gasteiger partial charge in [0.25, 0.3) is 0 Å². The molecule has 9 heteroatoms. The maximum atomic E-state index is 15.5. The number of hydrogen-bond acceptors (Lipinski definition) is 6. The molecule has 8 nitrogen and oxygen atoms in total. The molecule has 1 atom stereocenters. The zero-order valence-electron chi connectivity index (χ0n) is 20.1. The van der Waals surface area contributed by atoms with E-state index >= 15 is 4.39 Å². The van der Waals surface area contributed by atoms with E-state index in [9.17, 15) is 4.79 Å². The van der Waals surface area contributed by atoms with Crippen LogP contribution in [-0.2, 0) is 11.2 Å². The average molecular weight is 473 g/mol. The number of halogens is 1. The molecule has 34 heavy (non-hydrogen) atoms. The Morgan fingerprint density at radius 2 is 1.85 bits per heavy atom. The number of nitrogens with two attached hydrogens (primary N) is 1. The predicted molar refractivity (Wildman–Crippen MR) is 130 cm³/mol. The zero-order chi connectivity index (χ0) is 24.8. The standard InChI is InChI=1S/C25H33FN4O4/c1-15(29-25(28)31)13-19-20(14-21(33-3)24(34-4)22(19)26)23(27)16-5-7-17(8-6-16)30-11-9-18(32-2)10-12-30/h5-8,14-15,18,27H,9-13H2,1-4H3,(H3,28,29,31). The molecule has 2 aromatic rings. The molecule has 0 spiro atoms. The third-order valence-corrected chi connectivity index (χ3v) is 6.18. The molecule has 184 valence electrons. The number of methoxy groups -OCH3 is 3. The lowest BCUT2D eigenvalue weighted by molar-refractivity contribution is 0.0819. The van der Waals surface area contributed by atoms with Gasteiger partial charge in [-0.1, -0.05) is 12.1 Å². The highest BCUT2D eigenvalue weighted by Gasteiger charge is 2.25.